The Morgan fingerprint density at radius 2 is 1.78 bits per heavy atom. The van der Waals surface area contributed by atoms with Gasteiger partial charge in [0.2, 0.25) is 0 Å². The molecule has 2 aromatic rings. The van der Waals surface area contributed by atoms with Gasteiger partial charge in [-0.15, -0.1) is 0 Å². The molecule has 1 atom stereocenters. The summed E-state index contributed by atoms with van der Waals surface area (Å²) in [6, 6.07) is 17.8. The number of carbonyl (C=O) groups is 2. The van der Waals surface area contributed by atoms with Crippen molar-refractivity contribution in [3.05, 3.63) is 92.7 Å². The number of hydrogen-bond donors (Lipinski definition) is 1. The number of ether oxygens (including phenoxy) is 1. The highest BCUT2D eigenvalue weighted by Gasteiger charge is 2.43. The highest BCUT2D eigenvalue weighted by molar-refractivity contribution is 9.10. The highest BCUT2D eigenvalue weighted by Crippen LogP contribution is 2.46. The van der Waals surface area contributed by atoms with Crippen molar-refractivity contribution in [2.45, 2.75) is 46.0 Å². The van der Waals surface area contributed by atoms with Crippen LogP contribution >= 0.6 is 15.9 Å². The summed E-state index contributed by atoms with van der Waals surface area (Å²) in [5.74, 6) is -0.700. The topological polar surface area (TPSA) is 55.4 Å². The molecule has 0 radical (unpaired) electrons. The van der Waals surface area contributed by atoms with Gasteiger partial charge in [0.15, 0.2) is 5.78 Å². The molecule has 32 heavy (non-hydrogen) atoms. The SMILES string of the molecule is CC1=C(C(=O)OCCc2ccccc2)[C@@H](c2ccc(Br)cc2)C2=C(CC(C)(C)CC2=O)N1. The number of halogens is 1. The third-order valence-electron chi connectivity index (χ3n) is 6.13. The van der Waals surface area contributed by atoms with Crippen LogP contribution in [0.3, 0.4) is 0 Å². The van der Waals surface area contributed by atoms with Crippen molar-refractivity contribution in [1.29, 1.82) is 0 Å². The molecular formula is C27H28BrNO3. The standard InChI is InChI=1S/C27H28BrNO3/c1-17-23(26(31)32-14-13-18-7-5-4-6-8-18)24(19-9-11-20(28)12-10-19)25-21(29-17)15-27(2,3)16-22(25)30/h4-12,24,29H,13-16H2,1-3H3/t24-/m1/s1. The Morgan fingerprint density at radius 3 is 2.47 bits per heavy atom. The van der Waals surface area contributed by atoms with Gasteiger partial charge >= 0.3 is 5.97 Å². The Kier molecular flexibility index (Phi) is 6.38. The van der Waals surface area contributed by atoms with Crippen molar-refractivity contribution in [2.24, 2.45) is 5.41 Å². The molecule has 0 unspecified atom stereocenters. The second-order valence-electron chi connectivity index (χ2n) is 9.35. The molecule has 1 aliphatic heterocycles. The maximum absolute atomic E-state index is 13.3. The fourth-order valence-electron chi connectivity index (χ4n) is 4.68. The van der Waals surface area contributed by atoms with Gasteiger partial charge in [-0.2, -0.15) is 0 Å². The lowest BCUT2D eigenvalue weighted by atomic mass is 9.68. The van der Waals surface area contributed by atoms with E-state index in [0.29, 0.717) is 30.6 Å². The summed E-state index contributed by atoms with van der Waals surface area (Å²) >= 11 is 3.48. The van der Waals surface area contributed by atoms with Crippen LogP contribution in [0.25, 0.3) is 0 Å². The van der Waals surface area contributed by atoms with Gasteiger partial charge in [0, 0.05) is 40.2 Å². The molecule has 1 heterocycles. The fraction of sp³-hybridized carbons (Fsp3) is 0.333. The van der Waals surface area contributed by atoms with Gasteiger partial charge in [0.25, 0.3) is 0 Å². The zero-order valence-electron chi connectivity index (χ0n) is 18.7. The molecule has 1 N–H and O–H groups in total. The molecular weight excluding hydrogens is 466 g/mol. The van der Waals surface area contributed by atoms with Gasteiger partial charge in [-0.05, 0) is 42.0 Å². The largest absolute Gasteiger partial charge is 0.462 e. The number of carbonyl (C=O) groups excluding carboxylic acids is 2. The van der Waals surface area contributed by atoms with Gasteiger partial charge in [-0.25, -0.2) is 4.79 Å². The van der Waals surface area contributed by atoms with Crippen LogP contribution in [0.2, 0.25) is 0 Å². The molecule has 0 aromatic heterocycles. The van der Waals surface area contributed by atoms with Crippen LogP contribution in [0.4, 0.5) is 0 Å². The average molecular weight is 494 g/mol. The predicted molar refractivity (Wildman–Crippen MR) is 129 cm³/mol. The highest BCUT2D eigenvalue weighted by atomic mass is 79.9. The first-order valence-electron chi connectivity index (χ1n) is 11.0. The molecule has 0 spiro atoms. The first kappa shape index (κ1) is 22.5. The first-order chi connectivity index (χ1) is 15.2. The Hall–Kier alpha value is -2.66. The number of Topliss-reactive ketones (excluding diaryl/α,β-unsaturated/α-hetero) is 1. The Bertz CT molecular complexity index is 1100. The molecule has 0 saturated heterocycles. The van der Waals surface area contributed by atoms with Crippen LogP contribution in [0.1, 0.15) is 50.7 Å². The van der Waals surface area contributed by atoms with Crippen LogP contribution in [0.5, 0.6) is 0 Å². The molecule has 1 aliphatic carbocycles. The predicted octanol–water partition coefficient (Wildman–Crippen LogP) is 5.84. The van der Waals surface area contributed by atoms with E-state index in [0.717, 1.165) is 33.4 Å². The van der Waals surface area contributed by atoms with Gasteiger partial charge in [-0.3, -0.25) is 4.79 Å². The molecule has 0 amide bonds. The number of ketones is 1. The zero-order valence-corrected chi connectivity index (χ0v) is 20.3. The normalized spacial score (nSPS) is 20.0. The van der Waals surface area contributed by atoms with Crippen LogP contribution in [0.15, 0.2) is 81.6 Å². The fourth-order valence-corrected chi connectivity index (χ4v) is 4.94. The molecule has 0 bridgehead atoms. The summed E-state index contributed by atoms with van der Waals surface area (Å²) in [5.41, 5.74) is 4.83. The summed E-state index contributed by atoms with van der Waals surface area (Å²) in [6.07, 6.45) is 1.89. The van der Waals surface area contributed by atoms with E-state index in [-0.39, 0.29) is 17.2 Å². The molecule has 2 aromatic carbocycles. The molecule has 166 valence electrons. The van der Waals surface area contributed by atoms with Crippen molar-refractivity contribution in [3.8, 4) is 0 Å². The first-order valence-corrected chi connectivity index (χ1v) is 11.7. The van der Waals surface area contributed by atoms with E-state index in [9.17, 15) is 9.59 Å². The lowest BCUT2D eigenvalue weighted by molar-refractivity contribution is -0.139. The molecule has 0 fully saturated rings. The maximum Gasteiger partial charge on any atom is 0.336 e. The number of benzene rings is 2. The lowest BCUT2D eigenvalue weighted by Gasteiger charge is -2.39. The quantitative estimate of drug-likeness (QED) is 0.531. The van der Waals surface area contributed by atoms with E-state index < -0.39 is 5.92 Å². The Labute approximate surface area is 197 Å². The van der Waals surface area contributed by atoms with E-state index in [1.54, 1.807) is 0 Å². The van der Waals surface area contributed by atoms with Gasteiger partial charge in [0.1, 0.15) is 0 Å². The number of dihydropyridines is 1. The van der Waals surface area contributed by atoms with Gasteiger partial charge in [0.05, 0.1) is 12.2 Å². The minimum atomic E-state index is -0.424. The summed E-state index contributed by atoms with van der Waals surface area (Å²) in [6.45, 7) is 6.41. The second kappa shape index (κ2) is 9.07. The lowest BCUT2D eigenvalue weighted by Crippen LogP contribution is -2.38. The summed E-state index contributed by atoms with van der Waals surface area (Å²) < 4.78 is 6.66. The number of nitrogens with one attached hydrogen (secondary N) is 1. The summed E-state index contributed by atoms with van der Waals surface area (Å²) in [7, 11) is 0. The minimum Gasteiger partial charge on any atom is -0.462 e. The van der Waals surface area contributed by atoms with E-state index >= 15 is 0 Å². The zero-order chi connectivity index (χ0) is 22.9. The number of hydrogen-bond acceptors (Lipinski definition) is 4. The summed E-state index contributed by atoms with van der Waals surface area (Å²) in [5, 5.41) is 3.38. The molecule has 4 rings (SSSR count). The second-order valence-corrected chi connectivity index (χ2v) is 10.3. The summed E-state index contributed by atoms with van der Waals surface area (Å²) in [4.78, 5) is 26.6. The van der Waals surface area contributed by atoms with Crippen LogP contribution in [-0.2, 0) is 20.7 Å². The molecule has 0 saturated carbocycles. The van der Waals surface area contributed by atoms with Crippen molar-refractivity contribution >= 4 is 27.7 Å². The van der Waals surface area contributed by atoms with Crippen molar-refractivity contribution in [2.75, 3.05) is 6.61 Å². The van der Waals surface area contributed by atoms with Crippen molar-refractivity contribution < 1.29 is 14.3 Å². The number of rotatable bonds is 5. The monoisotopic (exact) mass is 493 g/mol. The van der Waals surface area contributed by atoms with E-state index in [4.69, 9.17) is 4.74 Å². The van der Waals surface area contributed by atoms with E-state index in [1.807, 2.05) is 61.5 Å². The minimum absolute atomic E-state index is 0.0961. The van der Waals surface area contributed by atoms with Crippen LogP contribution in [-0.4, -0.2) is 18.4 Å². The Balaban J connectivity index is 1.66. The smallest absolute Gasteiger partial charge is 0.336 e. The van der Waals surface area contributed by atoms with Crippen LogP contribution < -0.4 is 5.32 Å². The molecule has 2 aliphatic rings. The number of allylic oxidation sites excluding steroid dienone is 3. The third-order valence-corrected chi connectivity index (χ3v) is 6.66. The van der Waals surface area contributed by atoms with Crippen LogP contribution in [0, 0.1) is 5.41 Å². The van der Waals surface area contributed by atoms with Crippen molar-refractivity contribution in [1.82, 2.24) is 5.32 Å². The van der Waals surface area contributed by atoms with Gasteiger partial charge < -0.3 is 10.1 Å². The van der Waals surface area contributed by atoms with E-state index in [2.05, 4.69) is 35.1 Å². The average Bonchev–Trinajstić information content (AvgIpc) is 2.73. The molecule has 5 heteroatoms. The van der Waals surface area contributed by atoms with Crippen molar-refractivity contribution in [3.63, 3.8) is 0 Å². The molecule has 4 nitrogen and oxygen atoms in total. The third kappa shape index (κ3) is 4.73. The van der Waals surface area contributed by atoms with Gasteiger partial charge in [-0.1, -0.05) is 72.2 Å². The Morgan fingerprint density at radius 1 is 1.09 bits per heavy atom. The number of esters is 1. The van der Waals surface area contributed by atoms with E-state index in [1.165, 1.54) is 0 Å². The maximum atomic E-state index is 13.3.